The van der Waals surface area contributed by atoms with Crippen LogP contribution < -0.4 is 0 Å². The van der Waals surface area contributed by atoms with Crippen LogP contribution in [0, 0.1) is 28.6 Å². The largest absolute Gasteiger partial charge is 0.299 e. The molecule has 2 aromatic rings. The standard InChI is InChI=1S/C36H49NO/c1-3-5-6-7-8-9-11-28-12-14-29(15-13-28)30-16-18-31(19-17-30)32-22-24-36(27-37,25-23-32)34-21-20-33(10-4-2)35(38)26-34/h12-19,32-34H,3-11,20-26H2,1-2H3/t32?,33-,34-,36?/m1/s1. The van der Waals surface area contributed by atoms with Gasteiger partial charge in [0, 0.05) is 12.3 Å². The minimum atomic E-state index is -0.291. The first-order chi connectivity index (χ1) is 18.6. The average molecular weight is 512 g/mol. The molecule has 204 valence electrons. The second-order valence-electron chi connectivity index (χ2n) is 12.3. The number of ketones is 1. The maximum Gasteiger partial charge on any atom is 0.136 e. The SMILES string of the molecule is CCCCCCCCc1ccc(-c2ccc(C3CCC(C#N)([C@@H]4CC[C@@H](CCC)C(=O)C4)CC3)cc2)cc1. The van der Waals surface area contributed by atoms with Gasteiger partial charge >= 0.3 is 0 Å². The summed E-state index contributed by atoms with van der Waals surface area (Å²) >= 11 is 0. The van der Waals surface area contributed by atoms with E-state index < -0.39 is 0 Å². The Hall–Kier alpha value is -2.40. The van der Waals surface area contributed by atoms with Crippen molar-refractivity contribution in [3.05, 3.63) is 59.7 Å². The van der Waals surface area contributed by atoms with Crippen LogP contribution >= 0.6 is 0 Å². The summed E-state index contributed by atoms with van der Waals surface area (Å²) < 4.78 is 0. The summed E-state index contributed by atoms with van der Waals surface area (Å²) in [7, 11) is 0. The van der Waals surface area contributed by atoms with Gasteiger partial charge in [-0.25, -0.2) is 0 Å². The first-order valence-electron chi connectivity index (χ1n) is 15.7. The van der Waals surface area contributed by atoms with Crippen LogP contribution in [0.5, 0.6) is 0 Å². The molecule has 0 radical (unpaired) electrons. The van der Waals surface area contributed by atoms with E-state index in [-0.39, 0.29) is 17.3 Å². The molecule has 0 N–H and O–H groups in total. The Balaban J connectivity index is 1.28. The minimum Gasteiger partial charge on any atom is -0.299 e. The van der Waals surface area contributed by atoms with Gasteiger partial charge in [-0.15, -0.1) is 0 Å². The molecule has 0 bridgehead atoms. The number of hydrogen-bond acceptors (Lipinski definition) is 2. The van der Waals surface area contributed by atoms with Crippen molar-refractivity contribution in [3.8, 4) is 17.2 Å². The predicted molar refractivity (Wildman–Crippen MR) is 159 cm³/mol. The molecule has 2 atom stereocenters. The fourth-order valence-corrected chi connectivity index (χ4v) is 7.20. The first-order valence-corrected chi connectivity index (χ1v) is 15.7. The van der Waals surface area contributed by atoms with Crippen LogP contribution in [0.4, 0.5) is 0 Å². The molecule has 2 fully saturated rings. The Morgan fingerprint density at radius 2 is 1.42 bits per heavy atom. The van der Waals surface area contributed by atoms with Gasteiger partial charge in [-0.3, -0.25) is 4.79 Å². The van der Waals surface area contributed by atoms with Gasteiger partial charge in [-0.1, -0.05) is 101 Å². The lowest BCUT2D eigenvalue weighted by Gasteiger charge is -2.43. The zero-order chi connectivity index (χ0) is 26.8. The maximum atomic E-state index is 12.7. The minimum absolute atomic E-state index is 0.248. The summed E-state index contributed by atoms with van der Waals surface area (Å²) in [6, 6.07) is 21.1. The van der Waals surface area contributed by atoms with Crippen LogP contribution in [-0.2, 0) is 11.2 Å². The Morgan fingerprint density at radius 1 is 0.789 bits per heavy atom. The molecular weight excluding hydrogens is 462 g/mol. The van der Waals surface area contributed by atoms with Crippen molar-refractivity contribution in [1.29, 1.82) is 5.26 Å². The van der Waals surface area contributed by atoms with Crippen molar-refractivity contribution in [2.45, 2.75) is 122 Å². The predicted octanol–water partition coefficient (Wildman–Crippen LogP) is 10.2. The lowest BCUT2D eigenvalue weighted by molar-refractivity contribution is -0.128. The number of Topliss-reactive ketones (excluding diaryl/α,β-unsaturated/α-hetero) is 1. The normalized spacial score (nSPS) is 25.7. The quantitative estimate of drug-likeness (QED) is 0.266. The molecule has 38 heavy (non-hydrogen) atoms. The number of nitrogens with zero attached hydrogens (tertiary/aromatic N) is 1. The van der Waals surface area contributed by atoms with E-state index in [0.29, 0.717) is 18.1 Å². The van der Waals surface area contributed by atoms with Crippen molar-refractivity contribution >= 4 is 5.78 Å². The smallest absolute Gasteiger partial charge is 0.136 e. The molecule has 0 spiro atoms. The molecule has 2 aliphatic rings. The molecule has 0 amide bonds. The summed E-state index contributed by atoms with van der Waals surface area (Å²) in [4.78, 5) is 12.7. The van der Waals surface area contributed by atoms with Crippen molar-refractivity contribution in [2.24, 2.45) is 17.3 Å². The molecule has 4 rings (SSSR count). The fourth-order valence-electron chi connectivity index (χ4n) is 7.20. The van der Waals surface area contributed by atoms with Gasteiger partial charge < -0.3 is 0 Å². The second kappa shape index (κ2) is 14.1. The number of benzene rings is 2. The zero-order valence-corrected chi connectivity index (χ0v) is 24.0. The van der Waals surface area contributed by atoms with E-state index >= 15 is 0 Å². The van der Waals surface area contributed by atoms with Crippen LogP contribution in [0.15, 0.2) is 48.5 Å². The Bertz CT molecular complexity index is 1040. The molecular formula is C36H49NO. The topological polar surface area (TPSA) is 40.9 Å². The summed E-state index contributed by atoms with van der Waals surface area (Å²) in [6.07, 6.45) is 18.0. The number of aryl methyl sites for hydroxylation is 1. The second-order valence-corrected chi connectivity index (χ2v) is 12.3. The van der Waals surface area contributed by atoms with Crippen LogP contribution in [0.3, 0.4) is 0 Å². The lowest BCUT2D eigenvalue weighted by Crippen LogP contribution is -2.38. The summed E-state index contributed by atoms with van der Waals surface area (Å²) in [5.41, 5.74) is 5.14. The van der Waals surface area contributed by atoms with Gasteiger partial charge in [0.15, 0.2) is 0 Å². The third-order valence-corrected chi connectivity index (χ3v) is 9.77. The van der Waals surface area contributed by atoms with Crippen molar-refractivity contribution in [1.82, 2.24) is 0 Å². The van der Waals surface area contributed by atoms with Crippen LogP contribution in [0.1, 0.15) is 127 Å². The van der Waals surface area contributed by atoms with Crippen molar-refractivity contribution < 1.29 is 4.79 Å². The highest BCUT2D eigenvalue weighted by Crippen LogP contribution is 2.51. The highest BCUT2D eigenvalue weighted by molar-refractivity contribution is 5.82. The van der Waals surface area contributed by atoms with E-state index in [9.17, 15) is 10.1 Å². The van der Waals surface area contributed by atoms with E-state index in [1.807, 2.05) is 0 Å². The molecule has 0 unspecified atom stereocenters. The van der Waals surface area contributed by atoms with Gasteiger partial charge in [-0.05, 0) is 91.9 Å². The maximum absolute atomic E-state index is 12.7. The Morgan fingerprint density at radius 3 is 2.03 bits per heavy atom. The molecule has 0 aliphatic heterocycles. The van der Waals surface area contributed by atoms with E-state index in [2.05, 4.69) is 68.4 Å². The fraction of sp³-hybridized carbons (Fsp3) is 0.611. The van der Waals surface area contributed by atoms with Gasteiger partial charge in [0.05, 0.1) is 11.5 Å². The van der Waals surface area contributed by atoms with Crippen LogP contribution in [0.25, 0.3) is 11.1 Å². The molecule has 2 nitrogen and oxygen atoms in total. The highest BCUT2D eigenvalue weighted by atomic mass is 16.1. The molecule has 0 aromatic heterocycles. The van der Waals surface area contributed by atoms with Gasteiger partial charge in [0.2, 0.25) is 0 Å². The van der Waals surface area contributed by atoms with Crippen LogP contribution in [0.2, 0.25) is 0 Å². The number of carbonyl (C=O) groups is 1. The van der Waals surface area contributed by atoms with E-state index in [4.69, 9.17) is 0 Å². The van der Waals surface area contributed by atoms with E-state index in [1.54, 1.807) is 0 Å². The third kappa shape index (κ3) is 7.16. The molecule has 0 saturated heterocycles. The Kier molecular flexibility index (Phi) is 10.6. The van der Waals surface area contributed by atoms with Crippen molar-refractivity contribution in [3.63, 3.8) is 0 Å². The molecule has 2 aliphatic carbocycles. The lowest BCUT2D eigenvalue weighted by atomic mass is 9.59. The van der Waals surface area contributed by atoms with E-state index in [0.717, 1.165) is 51.4 Å². The number of hydrogen-bond donors (Lipinski definition) is 0. The monoisotopic (exact) mass is 511 g/mol. The van der Waals surface area contributed by atoms with Gasteiger partial charge in [0.25, 0.3) is 0 Å². The average Bonchev–Trinajstić information content (AvgIpc) is 2.96. The number of rotatable bonds is 12. The first kappa shape index (κ1) is 28.6. The molecule has 2 saturated carbocycles. The number of nitriles is 1. The zero-order valence-electron chi connectivity index (χ0n) is 24.0. The van der Waals surface area contributed by atoms with E-state index in [1.165, 1.54) is 67.2 Å². The van der Waals surface area contributed by atoms with Crippen molar-refractivity contribution in [2.75, 3.05) is 0 Å². The third-order valence-electron chi connectivity index (χ3n) is 9.77. The number of unbranched alkanes of at least 4 members (excludes halogenated alkanes) is 5. The molecule has 2 heteroatoms. The summed E-state index contributed by atoms with van der Waals surface area (Å²) in [6.45, 7) is 4.44. The summed E-state index contributed by atoms with van der Waals surface area (Å²) in [5.74, 6) is 1.46. The molecule has 2 aromatic carbocycles. The van der Waals surface area contributed by atoms with Crippen LogP contribution in [-0.4, -0.2) is 5.78 Å². The molecule has 0 heterocycles. The highest BCUT2D eigenvalue weighted by Gasteiger charge is 2.45. The summed E-state index contributed by atoms with van der Waals surface area (Å²) in [5, 5.41) is 10.2. The van der Waals surface area contributed by atoms with Gasteiger partial charge in [-0.2, -0.15) is 5.26 Å². The Labute approximate surface area is 232 Å². The number of carbonyl (C=O) groups excluding carboxylic acids is 1. The van der Waals surface area contributed by atoms with Gasteiger partial charge in [0.1, 0.15) is 5.78 Å².